The van der Waals surface area contributed by atoms with Crippen molar-refractivity contribution in [3.8, 4) is 28.6 Å². The van der Waals surface area contributed by atoms with E-state index in [1.807, 2.05) is 37.3 Å². The highest BCUT2D eigenvalue weighted by atomic mass is 32.1. The zero-order valence-electron chi connectivity index (χ0n) is 12.0. The molecule has 3 rings (SSSR count). The molecule has 0 radical (unpaired) electrons. The fourth-order valence-electron chi connectivity index (χ4n) is 2.31. The summed E-state index contributed by atoms with van der Waals surface area (Å²) in [5.41, 5.74) is 4.43. The fraction of sp³-hybridized carbons (Fsp3) is 0.0556. The van der Waals surface area contributed by atoms with Crippen LogP contribution in [0.2, 0.25) is 0 Å². The van der Waals surface area contributed by atoms with Gasteiger partial charge in [0.2, 0.25) is 0 Å². The summed E-state index contributed by atoms with van der Waals surface area (Å²) in [5.74, 6) is 0.682. The molecule has 0 fully saturated rings. The van der Waals surface area contributed by atoms with Crippen LogP contribution in [0.1, 0.15) is 11.3 Å². The van der Waals surface area contributed by atoms with Crippen molar-refractivity contribution in [3.05, 3.63) is 70.5 Å². The van der Waals surface area contributed by atoms with Gasteiger partial charge in [0.15, 0.2) is 0 Å². The van der Waals surface area contributed by atoms with E-state index in [2.05, 4.69) is 40.3 Å². The first-order valence-corrected chi connectivity index (χ1v) is 7.27. The van der Waals surface area contributed by atoms with Crippen LogP contribution in [-0.4, -0.2) is 9.97 Å². The Balaban J connectivity index is 2.01. The van der Waals surface area contributed by atoms with Crippen LogP contribution < -0.4 is 0 Å². The molecule has 0 unspecified atom stereocenters. The van der Waals surface area contributed by atoms with Gasteiger partial charge in [-0.05, 0) is 18.1 Å². The molecular formula is C18H13N3S. The van der Waals surface area contributed by atoms with Crippen LogP contribution in [0.15, 0.2) is 54.6 Å². The molecule has 1 heterocycles. The second-order valence-electron chi connectivity index (χ2n) is 4.95. The molecule has 3 nitrogen and oxygen atoms in total. The largest absolute Gasteiger partial charge is 0.342 e. The van der Waals surface area contributed by atoms with Crippen LogP contribution in [0.4, 0.5) is 0 Å². The number of hydrogen-bond donors (Lipinski definition) is 1. The molecule has 0 aliphatic heterocycles. The van der Waals surface area contributed by atoms with E-state index in [-0.39, 0.29) is 0 Å². The average molecular weight is 303 g/mol. The maximum Gasteiger partial charge on any atom is 0.148 e. The quantitative estimate of drug-likeness (QED) is 0.701. The summed E-state index contributed by atoms with van der Waals surface area (Å²) in [7, 11) is 0. The lowest BCUT2D eigenvalue weighted by Gasteiger charge is -2.06. The number of aryl methyl sites for hydroxylation is 1. The summed E-state index contributed by atoms with van der Waals surface area (Å²) < 4.78 is 0.334. The van der Waals surface area contributed by atoms with Gasteiger partial charge >= 0.3 is 0 Å². The molecule has 2 aromatic carbocycles. The predicted octanol–water partition coefficient (Wildman–Crippen LogP) is 4.65. The Morgan fingerprint density at radius 3 is 2.14 bits per heavy atom. The monoisotopic (exact) mass is 303 g/mol. The van der Waals surface area contributed by atoms with Gasteiger partial charge in [0, 0.05) is 11.3 Å². The highest BCUT2D eigenvalue weighted by molar-refractivity contribution is 7.71. The topological polar surface area (TPSA) is 52.5 Å². The molecule has 0 saturated carbocycles. The summed E-state index contributed by atoms with van der Waals surface area (Å²) in [6.07, 6.45) is 0. The third kappa shape index (κ3) is 2.67. The first-order chi connectivity index (χ1) is 10.7. The van der Waals surface area contributed by atoms with E-state index in [1.165, 1.54) is 5.56 Å². The number of nitriles is 1. The molecular weight excluding hydrogens is 290 g/mol. The van der Waals surface area contributed by atoms with E-state index in [9.17, 15) is 0 Å². The molecule has 4 heteroatoms. The number of rotatable bonds is 2. The molecule has 106 valence electrons. The van der Waals surface area contributed by atoms with Gasteiger partial charge in [0.05, 0.1) is 0 Å². The maximum atomic E-state index is 9.05. The van der Waals surface area contributed by atoms with E-state index >= 15 is 0 Å². The van der Waals surface area contributed by atoms with Gasteiger partial charge in [-0.2, -0.15) is 5.26 Å². The van der Waals surface area contributed by atoms with Gasteiger partial charge in [0.1, 0.15) is 22.1 Å². The van der Waals surface area contributed by atoms with Crippen molar-refractivity contribution in [2.75, 3.05) is 0 Å². The van der Waals surface area contributed by atoms with Gasteiger partial charge in [-0.1, -0.05) is 66.8 Å². The van der Waals surface area contributed by atoms with Crippen LogP contribution in [0.5, 0.6) is 0 Å². The highest BCUT2D eigenvalue weighted by Crippen LogP contribution is 2.23. The smallest absolute Gasteiger partial charge is 0.148 e. The number of H-pyrrole nitrogens is 1. The van der Waals surface area contributed by atoms with Crippen molar-refractivity contribution < 1.29 is 0 Å². The van der Waals surface area contributed by atoms with Crippen LogP contribution in [0.25, 0.3) is 22.5 Å². The third-order valence-electron chi connectivity index (χ3n) is 3.49. The minimum atomic E-state index is 0.334. The molecule has 0 bridgehead atoms. The number of aromatic amines is 1. The van der Waals surface area contributed by atoms with Crippen LogP contribution >= 0.6 is 12.2 Å². The molecule has 0 aliphatic carbocycles. The molecule has 1 aromatic heterocycles. The molecule has 0 spiro atoms. The number of nitrogens with zero attached hydrogens (tertiary/aromatic N) is 2. The molecule has 1 N–H and O–H groups in total. The summed E-state index contributed by atoms with van der Waals surface area (Å²) in [5, 5.41) is 9.05. The standard InChI is InChI=1S/C18H13N3S/c1-12-16(11-19)18(22)21-17(20-12)15-9-7-14(8-10-15)13-5-3-2-4-6-13/h2-10H,1H3,(H,20,21,22). The van der Waals surface area contributed by atoms with Gasteiger partial charge in [0.25, 0.3) is 0 Å². The van der Waals surface area contributed by atoms with E-state index in [0.717, 1.165) is 16.8 Å². The lowest BCUT2D eigenvalue weighted by molar-refractivity contribution is 1.08. The van der Waals surface area contributed by atoms with Crippen LogP contribution in [0, 0.1) is 22.9 Å². The third-order valence-corrected chi connectivity index (χ3v) is 3.78. The van der Waals surface area contributed by atoms with Crippen molar-refractivity contribution in [1.29, 1.82) is 5.26 Å². The SMILES string of the molecule is Cc1[nH]c(-c2ccc(-c3ccccc3)cc2)nc(=S)c1C#N. The lowest BCUT2D eigenvalue weighted by atomic mass is 10.0. The number of aromatic nitrogens is 2. The van der Waals surface area contributed by atoms with Crippen molar-refractivity contribution in [3.63, 3.8) is 0 Å². The normalized spacial score (nSPS) is 10.2. The van der Waals surface area contributed by atoms with E-state index in [0.29, 0.717) is 16.0 Å². The maximum absolute atomic E-state index is 9.05. The molecule has 0 amide bonds. The summed E-state index contributed by atoms with van der Waals surface area (Å²) >= 11 is 5.17. The first-order valence-electron chi connectivity index (χ1n) is 6.86. The molecule has 0 atom stereocenters. The Labute approximate surface area is 133 Å². The predicted molar refractivity (Wildman–Crippen MR) is 89.7 cm³/mol. The molecule has 3 aromatic rings. The van der Waals surface area contributed by atoms with Crippen molar-refractivity contribution >= 4 is 12.2 Å². The molecule has 22 heavy (non-hydrogen) atoms. The minimum absolute atomic E-state index is 0.334. The van der Waals surface area contributed by atoms with Gasteiger partial charge in [-0.3, -0.25) is 0 Å². The second kappa shape index (κ2) is 5.92. The van der Waals surface area contributed by atoms with Crippen molar-refractivity contribution in [1.82, 2.24) is 9.97 Å². The Morgan fingerprint density at radius 1 is 0.955 bits per heavy atom. The average Bonchev–Trinajstić information content (AvgIpc) is 2.55. The van der Waals surface area contributed by atoms with Crippen LogP contribution in [-0.2, 0) is 0 Å². The summed E-state index contributed by atoms with van der Waals surface area (Å²) in [6, 6.07) is 20.4. The Morgan fingerprint density at radius 2 is 1.55 bits per heavy atom. The zero-order valence-corrected chi connectivity index (χ0v) is 12.8. The van der Waals surface area contributed by atoms with E-state index in [1.54, 1.807) is 0 Å². The van der Waals surface area contributed by atoms with E-state index in [4.69, 9.17) is 17.5 Å². The van der Waals surface area contributed by atoms with Crippen molar-refractivity contribution in [2.45, 2.75) is 6.92 Å². The zero-order chi connectivity index (χ0) is 15.5. The van der Waals surface area contributed by atoms with Gasteiger partial charge < -0.3 is 4.98 Å². The van der Waals surface area contributed by atoms with Gasteiger partial charge in [-0.25, -0.2) is 4.98 Å². The van der Waals surface area contributed by atoms with Gasteiger partial charge in [-0.15, -0.1) is 0 Å². The summed E-state index contributed by atoms with van der Waals surface area (Å²) in [6.45, 7) is 1.83. The number of hydrogen-bond acceptors (Lipinski definition) is 3. The van der Waals surface area contributed by atoms with Crippen molar-refractivity contribution in [2.24, 2.45) is 0 Å². The lowest BCUT2D eigenvalue weighted by Crippen LogP contribution is -1.97. The number of benzene rings is 2. The van der Waals surface area contributed by atoms with E-state index < -0.39 is 0 Å². The fourth-order valence-corrected chi connectivity index (χ4v) is 2.60. The first kappa shape index (κ1) is 14.2. The molecule has 0 saturated heterocycles. The Kier molecular flexibility index (Phi) is 3.82. The second-order valence-corrected chi connectivity index (χ2v) is 5.33. The summed E-state index contributed by atoms with van der Waals surface area (Å²) in [4.78, 5) is 7.46. The van der Waals surface area contributed by atoms with Crippen LogP contribution in [0.3, 0.4) is 0 Å². The number of nitrogens with one attached hydrogen (secondary N) is 1. The highest BCUT2D eigenvalue weighted by Gasteiger charge is 2.07. The Bertz CT molecular complexity index is 904. The minimum Gasteiger partial charge on any atom is -0.342 e. The molecule has 0 aliphatic rings. The Hall–Kier alpha value is -2.77.